The predicted molar refractivity (Wildman–Crippen MR) is 82.8 cm³/mol. The predicted octanol–water partition coefficient (Wildman–Crippen LogP) is 3.07. The largest absolute Gasteiger partial charge is 0.394 e. The van der Waals surface area contributed by atoms with Gasteiger partial charge in [0.15, 0.2) is 0 Å². The van der Waals surface area contributed by atoms with E-state index in [1.165, 1.54) is 17.8 Å². The van der Waals surface area contributed by atoms with E-state index in [1.54, 1.807) is 18.2 Å². The normalized spacial score (nSPS) is 19.3. The molecule has 1 heterocycles. The van der Waals surface area contributed by atoms with Crippen LogP contribution in [0.15, 0.2) is 29.2 Å². The fraction of sp³-hybridized carbons (Fsp3) is 0.562. The Labute approximate surface area is 129 Å². The molecule has 1 aliphatic heterocycles. The summed E-state index contributed by atoms with van der Waals surface area (Å²) >= 11 is 1.37. The van der Waals surface area contributed by atoms with Crippen LogP contribution in [-0.4, -0.2) is 40.9 Å². The van der Waals surface area contributed by atoms with Crippen LogP contribution in [0.2, 0.25) is 0 Å². The summed E-state index contributed by atoms with van der Waals surface area (Å²) in [5, 5.41) is 9.43. The molecule has 1 atom stereocenters. The molecular formula is C16H22FNO2S. The molecule has 0 spiro atoms. The van der Waals surface area contributed by atoms with Gasteiger partial charge in [-0.05, 0) is 25.0 Å². The Morgan fingerprint density at radius 1 is 1.33 bits per heavy atom. The highest BCUT2D eigenvalue weighted by Crippen LogP contribution is 2.23. The zero-order valence-corrected chi connectivity index (χ0v) is 12.9. The standard InChI is InChI=1S/C16H22FNO2S/c17-14-7-3-4-8-15(14)21-11-9-16(20)18-10-5-1-2-6-13(18)12-19/h3-4,7-8,13,19H,1-2,5-6,9-12H2. The first kappa shape index (κ1) is 16.3. The van der Waals surface area contributed by atoms with Gasteiger partial charge < -0.3 is 10.0 Å². The highest BCUT2D eigenvalue weighted by molar-refractivity contribution is 7.99. The number of benzene rings is 1. The molecule has 1 amide bonds. The first-order valence-electron chi connectivity index (χ1n) is 7.50. The average Bonchev–Trinajstić information content (AvgIpc) is 2.74. The molecule has 1 N–H and O–H groups in total. The molecule has 116 valence electrons. The number of aliphatic hydroxyl groups excluding tert-OH is 1. The smallest absolute Gasteiger partial charge is 0.223 e. The molecular weight excluding hydrogens is 289 g/mol. The van der Waals surface area contributed by atoms with Crippen molar-refractivity contribution in [3.05, 3.63) is 30.1 Å². The van der Waals surface area contributed by atoms with E-state index >= 15 is 0 Å². The Bertz CT molecular complexity index is 469. The fourth-order valence-corrected chi connectivity index (χ4v) is 3.53. The topological polar surface area (TPSA) is 40.5 Å². The van der Waals surface area contributed by atoms with Crippen molar-refractivity contribution in [3.63, 3.8) is 0 Å². The Kier molecular flexibility index (Phi) is 6.51. The summed E-state index contributed by atoms with van der Waals surface area (Å²) in [6.07, 6.45) is 4.45. The lowest BCUT2D eigenvalue weighted by Gasteiger charge is -2.28. The Morgan fingerprint density at radius 3 is 2.90 bits per heavy atom. The first-order chi connectivity index (χ1) is 10.2. The van der Waals surface area contributed by atoms with E-state index < -0.39 is 0 Å². The number of likely N-dealkylation sites (tertiary alicyclic amines) is 1. The van der Waals surface area contributed by atoms with Gasteiger partial charge in [-0.2, -0.15) is 0 Å². The number of hydrogen-bond acceptors (Lipinski definition) is 3. The molecule has 0 aliphatic carbocycles. The van der Waals surface area contributed by atoms with E-state index in [2.05, 4.69) is 0 Å². The van der Waals surface area contributed by atoms with Gasteiger partial charge >= 0.3 is 0 Å². The van der Waals surface area contributed by atoms with Crippen LogP contribution in [0.1, 0.15) is 32.1 Å². The van der Waals surface area contributed by atoms with E-state index in [9.17, 15) is 14.3 Å². The number of amides is 1. The number of carbonyl (C=O) groups excluding carboxylic acids is 1. The summed E-state index contributed by atoms with van der Waals surface area (Å²) in [6.45, 7) is 0.765. The van der Waals surface area contributed by atoms with Crippen LogP contribution in [0.25, 0.3) is 0 Å². The second kappa shape index (κ2) is 8.39. The minimum absolute atomic E-state index is 0.0339. The summed E-state index contributed by atoms with van der Waals surface area (Å²) in [7, 11) is 0. The molecule has 2 rings (SSSR count). The minimum atomic E-state index is -0.238. The fourth-order valence-electron chi connectivity index (χ4n) is 2.65. The first-order valence-corrected chi connectivity index (χ1v) is 8.48. The van der Waals surface area contributed by atoms with Crippen molar-refractivity contribution in [1.29, 1.82) is 0 Å². The molecule has 21 heavy (non-hydrogen) atoms. The average molecular weight is 311 g/mol. The molecule has 1 unspecified atom stereocenters. The molecule has 5 heteroatoms. The van der Waals surface area contributed by atoms with Gasteiger partial charge in [-0.1, -0.05) is 25.0 Å². The molecule has 0 saturated carbocycles. The number of nitrogens with zero attached hydrogens (tertiary/aromatic N) is 1. The van der Waals surface area contributed by atoms with Crippen LogP contribution in [-0.2, 0) is 4.79 Å². The molecule has 3 nitrogen and oxygen atoms in total. The summed E-state index contributed by atoms with van der Waals surface area (Å²) in [5.74, 6) is 0.395. The zero-order chi connectivity index (χ0) is 15.1. The second-order valence-electron chi connectivity index (χ2n) is 5.30. The Balaban J connectivity index is 1.84. The third kappa shape index (κ3) is 4.71. The summed E-state index contributed by atoms with van der Waals surface area (Å²) in [6, 6.07) is 6.57. The van der Waals surface area contributed by atoms with Gasteiger partial charge in [-0.3, -0.25) is 4.79 Å². The minimum Gasteiger partial charge on any atom is -0.394 e. The van der Waals surface area contributed by atoms with Crippen molar-refractivity contribution < 1.29 is 14.3 Å². The van der Waals surface area contributed by atoms with Crippen LogP contribution in [0.3, 0.4) is 0 Å². The third-order valence-corrected chi connectivity index (χ3v) is 4.87. The van der Waals surface area contributed by atoms with Crippen molar-refractivity contribution in [2.45, 2.75) is 43.0 Å². The highest BCUT2D eigenvalue weighted by atomic mass is 32.2. The van der Waals surface area contributed by atoms with E-state index in [-0.39, 0.29) is 24.4 Å². The SMILES string of the molecule is O=C(CCSc1ccccc1F)N1CCCCCC1CO. The quantitative estimate of drug-likeness (QED) is 0.850. The van der Waals surface area contributed by atoms with Gasteiger partial charge in [0.1, 0.15) is 5.82 Å². The number of hydrogen-bond donors (Lipinski definition) is 1. The summed E-state index contributed by atoms with van der Waals surface area (Å²) in [4.78, 5) is 14.7. The number of rotatable bonds is 5. The van der Waals surface area contributed by atoms with E-state index in [0.717, 1.165) is 32.2 Å². The van der Waals surface area contributed by atoms with Gasteiger partial charge in [0.05, 0.1) is 12.6 Å². The molecule has 1 saturated heterocycles. The maximum absolute atomic E-state index is 13.5. The molecule has 0 aromatic heterocycles. The van der Waals surface area contributed by atoms with Crippen LogP contribution in [0.5, 0.6) is 0 Å². The van der Waals surface area contributed by atoms with Crippen molar-refractivity contribution in [1.82, 2.24) is 4.90 Å². The van der Waals surface area contributed by atoms with Crippen LogP contribution >= 0.6 is 11.8 Å². The van der Waals surface area contributed by atoms with Crippen LogP contribution in [0.4, 0.5) is 4.39 Å². The molecule has 1 aromatic rings. The van der Waals surface area contributed by atoms with E-state index in [1.807, 2.05) is 4.90 Å². The highest BCUT2D eigenvalue weighted by Gasteiger charge is 2.24. The molecule has 1 fully saturated rings. The van der Waals surface area contributed by atoms with E-state index in [0.29, 0.717) is 17.1 Å². The number of aliphatic hydroxyl groups is 1. The summed E-state index contributed by atoms with van der Waals surface area (Å²) in [5.41, 5.74) is 0. The summed E-state index contributed by atoms with van der Waals surface area (Å²) < 4.78 is 13.5. The van der Waals surface area contributed by atoms with Gasteiger partial charge in [0, 0.05) is 23.6 Å². The number of halogens is 1. The molecule has 0 bridgehead atoms. The third-order valence-electron chi connectivity index (χ3n) is 3.82. The lowest BCUT2D eigenvalue weighted by molar-refractivity contribution is -0.133. The van der Waals surface area contributed by atoms with E-state index in [4.69, 9.17) is 0 Å². The zero-order valence-electron chi connectivity index (χ0n) is 12.1. The Morgan fingerprint density at radius 2 is 2.14 bits per heavy atom. The van der Waals surface area contributed by atoms with Crippen molar-refractivity contribution in [3.8, 4) is 0 Å². The monoisotopic (exact) mass is 311 g/mol. The van der Waals surface area contributed by atoms with Crippen molar-refractivity contribution >= 4 is 17.7 Å². The number of thioether (sulfide) groups is 1. The van der Waals surface area contributed by atoms with Crippen LogP contribution < -0.4 is 0 Å². The lowest BCUT2D eigenvalue weighted by Crippen LogP contribution is -2.42. The second-order valence-corrected chi connectivity index (χ2v) is 6.44. The van der Waals surface area contributed by atoms with Crippen molar-refractivity contribution in [2.75, 3.05) is 18.9 Å². The van der Waals surface area contributed by atoms with Crippen molar-refractivity contribution in [2.24, 2.45) is 0 Å². The number of carbonyl (C=O) groups is 1. The maximum atomic E-state index is 13.5. The Hall–Kier alpha value is -1.07. The van der Waals surface area contributed by atoms with Crippen LogP contribution in [0, 0.1) is 5.82 Å². The molecule has 1 aliphatic rings. The van der Waals surface area contributed by atoms with Gasteiger partial charge in [0.2, 0.25) is 5.91 Å². The van der Waals surface area contributed by atoms with Gasteiger partial charge in [-0.15, -0.1) is 11.8 Å². The molecule has 0 radical (unpaired) electrons. The lowest BCUT2D eigenvalue weighted by atomic mass is 10.1. The van der Waals surface area contributed by atoms with Gasteiger partial charge in [0.25, 0.3) is 0 Å². The van der Waals surface area contributed by atoms with Gasteiger partial charge in [-0.25, -0.2) is 4.39 Å². The molecule has 1 aromatic carbocycles. The maximum Gasteiger partial charge on any atom is 0.223 e.